The van der Waals surface area contributed by atoms with Crippen molar-refractivity contribution in [3.05, 3.63) is 35.1 Å². The maximum absolute atomic E-state index is 12.2. The smallest absolute Gasteiger partial charge is 0.406 e. The summed E-state index contributed by atoms with van der Waals surface area (Å²) < 4.78 is 40.5. The van der Waals surface area contributed by atoms with Crippen LogP contribution < -0.4 is 9.64 Å². The second-order valence-corrected chi connectivity index (χ2v) is 5.12. The molecule has 0 aliphatic rings. The summed E-state index contributed by atoms with van der Waals surface area (Å²) in [5, 5.41) is 0.0194. The van der Waals surface area contributed by atoms with Crippen LogP contribution in [0.4, 0.5) is 19.0 Å². The lowest BCUT2D eigenvalue weighted by molar-refractivity contribution is -0.274. The van der Waals surface area contributed by atoms with E-state index < -0.39 is 6.36 Å². The van der Waals surface area contributed by atoms with Gasteiger partial charge in [0.15, 0.2) is 0 Å². The first-order valence-corrected chi connectivity index (χ1v) is 7.15. The first-order valence-electron chi connectivity index (χ1n) is 6.77. The van der Waals surface area contributed by atoms with E-state index in [9.17, 15) is 13.2 Å². The molecule has 1 aromatic heterocycles. The molecule has 0 bridgehead atoms. The van der Waals surface area contributed by atoms with E-state index in [2.05, 4.69) is 26.7 Å². The molecule has 0 spiro atoms. The van der Waals surface area contributed by atoms with Crippen molar-refractivity contribution in [2.75, 3.05) is 11.9 Å². The van der Waals surface area contributed by atoms with E-state index in [0.29, 0.717) is 22.6 Å². The van der Waals surface area contributed by atoms with E-state index in [0.717, 1.165) is 0 Å². The first-order chi connectivity index (χ1) is 11.2. The minimum absolute atomic E-state index is 0.0194. The topological polar surface area (TPSA) is 38.2 Å². The van der Waals surface area contributed by atoms with Gasteiger partial charge in [-0.3, -0.25) is 4.90 Å². The molecule has 2 aromatic rings. The van der Waals surface area contributed by atoms with Gasteiger partial charge in [0.25, 0.3) is 0 Å². The van der Waals surface area contributed by atoms with Crippen LogP contribution in [-0.4, -0.2) is 23.4 Å². The van der Waals surface area contributed by atoms with Crippen LogP contribution in [0.2, 0.25) is 5.28 Å². The molecule has 0 aliphatic heterocycles. The Hall–Kier alpha value is -2.46. The standard InChI is InChI=1S/C16H13ClF3N3O/c1-4-9-23(3)14-10(2)13(21-15(17)22-14)11-5-7-12(8-6-11)24-16(18,19)20/h5-8H,1-3H3. The lowest BCUT2D eigenvalue weighted by atomic mass is 10.1. The average Bonchev–Trinajstić information content (AvgIpc) is 2.49. The zero-order valence-corrected chi connectivity index (χ0v) is 13.8. The molecule has 4 nitrogen and oxygen atoms in total. The maximum atomic E-state index is 12.2. The van der Waals surface area contributed by atoms with Crippen LogP contribution in [0.3, 0.4) is 0 Å². The third-order valence-corrected chi connectivity index (χ3v) is 3.22. The van der Waals surface area contributed by atoms with Crippen LogP contribution in [-0.2, 0) is 0 Å². The number of ether oxygens (including phenoxy) is 1. The third kappa shape index (κ3) is 4.30. The van der Waals surface area contributed by atoms with E-state index >= 15 is 0 Å². The van der Waals surface area contributed by atoms with Crippen LogP contribution in [0.1, 0.15) is 12.5 Å². The van der Waals surface area contributed by atoms with Gasteiger partial charge in [-0.25, -0.2) is 4.98 Å². The number of alkyl halides is 3. The highest BCUT2D eigenvalue weighted by Gasteiger charge is 2.31. The fourth-order valence-electron chi connectivity index (χ4n) is 2.12. The molecule has 0 amide bonds. The molecule has 0 radical (unpaired) electrons. The highest BCUT2D eigenvalue weighted by atomic mass is 35.5. The normalized spacial score (nSPS) is 10.8. The third-order valence-electron chi connectivity index (χ3n) is 3.05. The fourth-order valence-corrected chi connectivity index (χ4v) is 2.29. The lowest BCUT2D eigenvalue weighted by Crippen LogP contribution is -2.17. The second kappa shape index (κ2) is 6.97. The minimum atomic E-state index is -4.73. The van der Waals surface area contributed by atoms with Crippen LogP contribution in [0.25, 0.3) is 11.3 Å². The van der Waals surface area contributed by atoms with E-state index in [-0.39, 0.29) is 11.0 Å². The monoisotopic (exact) mass is 355 g/mol. The summed E-state index contributed by atoms with van der Waals surface area (Å²) in [5.41, 5.74) is 1.80. The van der Waals surface area contributed by atoms with Crippen molar-refractivity contribution in [2.45, 2.75) is 20.2 Å². The zero-order valence-electron chi connectivity index (χ0n) is 13.1. The summed E-state index contributed by atoms with van der Waals surface area (Å²) in [6.07, 6.45) is -4.73. The number of hydrogen-bond donors (Lipinski definition) is 0. The van der Waals surface area contributed by atoms with Crippen molar-refractivity contribution < 1.29 is 17.9 Å². The summed E-state index contributed by atoms with van der Waals surface area (Å²) >= 11 is 5.96. The molecule has 1 heterocycles. The van der Waals surface area contributed by atoms with Gasteiger partial charge in [-0.15, -0.1) is 13.2 Å². The Bertz CT molecular complexity index is 795. The van der Waals surface area contributed by atoms with Gasteiger partial charge in [-0.1, -0.05) is 5.92 Å². The average molecular weight is 356 g/mol. The van der Waals surface area contributed by atoms with Crippen molar-refractivity contribution >= 4 is 17.4 Å². The van der Waals surface area contributed by atoms with Gasteiger partial charge in [0.2, 0.25) is 5.28 Å². The van der Waals surface area contributed by atoms with Gasteiger partial charge in [-0.2, -0.15) is 4.98 Å². The number of rotatable bonds is 3. The molecule has 8 heteroatoms. The molecule has 2 rings (SSSR count). The number of aromatic nitrogens is 2. The Morgan fingerprint density at radius 2 is 1.79 bits per heavy atom. The molecular formula is C16H13ClF3N3O. The molecule has 0 unspecified atom stereocenters. The molecule has 0 saturated carbocycles. The quantitative estimate of drug-likeness (QED) is 0.464. The first kappa shape index (κ1) is 17.9. The molecule has 0 N–H and O–H groups in total. The Morgan fingerprint density at radius 1 is 1.17 bits per heavy atom. The molecule has 0 fully saturated rings. The van der Waals surface area contributed by atoms with Gasteiger partial charge >= 0.3 is 6.36 Å². The highest BCUT2D eigenvalue weighted by molar-refractivity contribution is 6.28. The summed E-state index contributed by atoms with van der Waals surface area (Å²) in [6.45, 7) is 3.48. The summed E-state index contributed by atoms with van der Waals surface area (Å²) in [5.74, 6) is 2.97. The maximum Gasteiger partial charge on any atom is 0.573 e. The van der Waals surface area contributed by atoms with Gasteiger partial charge < -0.3 is 4.74 Å². The van der Waals surface area contributed by atoms with Crippen molar-refractivity contribution in [2.24, 2.45) is 0 Å². The van der Waals surface area contributed by atoms with Crippen LogP contribution in [0, 0.1) is 18.9 Å². The Labute approximate surface area is 142 Å². The van der Waals surface area contributed by atoms with E-state index in [1.54, 1.807) is 25.8 Å². The molecule has 1 aromatic carbocycles. The molecule has 24 heavy (non-hydrogen) atoms. The van der Waals surface area contributed by atoms with Gasteiger partial charge in [0.1, 0.15) is 11.6 Å². The minimum Gasteiger partial charge on any atom is -0.406 e. The summed E-state index contributed by atoms with van der Waals surface area (Å²) in [7, 11) is 1.73. The van der Waals surface area contributed by atoms with Gasteiger partial charge in [0.05, 0.1) is 5.69 Å². The largest absolute Gasteiger partial charge is 0.573 e. The predicted octanol–water partition coefficient (Wildman–Crippen LogP) is 4.42. The molecule has 0 aliphatic carbocycles. The molecular weight excluding hydrogens is 343 g/mol. The fraction of sp³-hybridized carbons (Fsp3) is 0.250. The second-order valence-electron chi connectivity index (χ2n) is 4.78. The van der Waals surface area contributed by atoms with E-state index in [1.807, 2.05) is 0 Å². The summed E-state index contributed by atoms with van der Waals surface area (Å²) in [4.78, 5) is 9.92. The lowest BCUT2D eigenvalue weighted by Gasteiger charge is -2.16. The van der Waals surface area contributed by atoms with Crippen molar-refractivity contribution in [1.82, 2.24) is 9.97 Å². The van der Waals surface area contributed by atoms with E-state index in [4.69, 9.17) is 11.6 Å². The van der Waals surface area contributed by atoms with Crippen molar-refractivity contribution in [3.63, 3.8) is 0 Å². The number of halogens is 4. The van der Waals surface area contributed by atoms with Crippen molar-refractivity contribution in [1.29, 1.82) is 0 Å². The Kier molecular flexibility index (Phi) is 5.20. The van der Waals surface area contributed by atoms with E-state index in [1.165, 1.54) is 24.3 Å². The Morgan fingerprint density at radius 3 is 2.33 bits per heavy atom. The zero-order chi connectivity index (χ0) is 17.9. The van der Waals surface area contributed by atoms with Gasteiger partial charge in [0, 0.05) is 24.2 Å². The number of benzene rings is 1. The molecule has 0 saturated heterocycles. The SMILES string of the molecule is CC#CN(C)c1nc(Cl)nc(-c2ccc(OC(F)(F)F)cc2)c1C. The van der Waals surface area contributed by atoms with Crippen LogP contribution in [0.5, 0.6) is 5.75 Å². The highest BCUT2D eigenvalue weighted by Crippen LogP contribution is 2.31. The number of hydrogen-bond acceptors (Lipinski definition) is 4. The predicted molar refractivity (Wildman–Crippen MR) is 85.8 cm³/mol. The Balaban J connectivity index is 2.43. The molecule has 126 valence electrons. The van der Waals surface area contributed by atoms with Crippen LogP contribution >= 0.6 is 11.6 Å². The number of nitrogens with zero attached hydrogens (tertiary/aromatic N) is 3. The number of anilines is 1. The van der Waals surface area contributed by atoms with Crippen LogP contribution in [0.15, 0.2) is 24.3 Å². The molecule has 0 atom stereocenters. The van der Waals surface area contributed by atoms with Crippen molar-refractivity contribution in [3.8, 4) is 29.0 Å². The summed E-state index contributed by atoms with van der Waals surface area (Å²) in [6, 6.07) is 8.21. The van der Waals surface area contributed by atoms with Gasteiger partial charge in [-0.05, 0) is 49.7 Å².